The third-order valence-electron chi connectivity index (χ3n) is 11.2. The smallest absolute Gasteiger partial charge is 0.306 e. The molecular formula is C57H100O5. The van der Waals surface area contributed by atoms with Crippen molar-refractivity contribution in [2.24, 2.45) is 0 Å². The van der Waals surface area contributed by atoms with E-state index in [0.29, 0.717) is 19.4 Å². The van der Waals surface area contributed by atoms with Crippen LogP contribution in [0.25, 0.3) is 0 Å². The molecule has 1 atom stereocenters. The van der Waals surface area contributed by atoms with Crippen molar-refractivity contribution >= 4 is 11.9 Å². The number of hydrogen-bond donors (Lipinski definition) is 0. The highest BCUT2D eigenvalue weighted by Crippen LogP contribution is 2.15. The van der Waals surface area contributed by atoms with Gasteiger partial charge in [0.15, 0.2) is 6.10 Å². The van der Waals surface area contributed by atoms with E-state index in [0.717, 1.165) is 96.3 Å². The molecule has 0 heterocycles. The second-order valence-electron chi connectivity index (χ2n) is 17.4. The molecular weight excluding hydrogens is 765 g/mol. The fourth-order valence-electron chi connectivity index (χ4n) is 7.30. The van der Waals surface area contributed by atoms with Gasteiger partial charge in [-0.15, -0.1) is 0 Å². The zero-order valence-electron chi connectivity index (χ0n) is 41.1. The summed E-state index contributed by atoms with van der Waals surface area (Å²) in [5, 5.41) is 0. The Morgan fingerprint density at radius 2 is 0.758 bits per heavy atom. The summed E-state index contributed by atoms with van der Waals surface area (Å²) in [7, 11) is 0. The largest absolute Gasteiger partial charge is 0.462 e. The average molecular weight is 865 g/mol. The van der Waals surface area contributed by atoms with Gasteiger partial charge in [-0.3, -0.25) is 9.59 Å². The van der Waals surface area contributed by atoms with Gasteiger partial charge >= 0.3 is 11.9 Å². The standard InChI is InChI=1S/C57H100O5/c1-4-7-10-13-16-19-22-25-27-28-29-30-31-33-35-38-41-44-47-50-56(58)61-54-55(53-60-52-49-46-43-40-37-34-26-23-20-17-14-11-8-5-2)62-57(59)51-48-45-42-39-36-32-24-21-18-15-12-9-6-3/h7,10,12,15-16,19,21,24-25,27,29-30,55H,4-6,8-9,11,13-14,17-18,20,22-23,26,28,31-54H2,1-3H3/b10-7-,15-12-,19-16-,24-21-,27-25-,30-29-. The molecule has 0 aliphatic carbocycles. The summed E-state index contributed by atoms with van der Waals surface area (Å²) in [4.78, 5) is 25.4. The van der Waals surface area contributed by atoms with Gasteiger partial charge in [-0.05, 0) is 83.5 Å². The third kappa shape index (κ3) is 50.0. The summed E-state index contributed by atoms with van der Waals surface area (Å²) < 4.78 is 17.4. The summed E-state index contributed by atoms with van der Waals surface area (Å²) in [5.74, 6) is -0.424. The minimum absolute atomic E-state index is 0.0719. The molecule has 1 unspecified atom stereocenters. The number of rotatable bonds is 48. The lowest BCUT2D eigenvalue weighted by molar-refractivity contribution is -0.163. The first-order chi connectivity index (χ1) is 30.6. The topological polar surface area (TPSA) is 61.8 Å². The molecule has 0 aromatic carbocycles. The molecule has 0 radical (unpaired) electrons. The molecule has 5 nitrogen and oxygen atoms in total. The van der Waals surface area contributed by atoms with Crippen LogP contribution in [0.4, 0.5) is 0 Å². The Bertz CT molecular complexity index is 1110. The fraction of sp³-hybridized carbons (Fsp3) is 0.754. The van der Waals surface area contributed by atoms with E-state index in [1.807, 2.05) is 0 Å². The number of unbranched alkanes of at least 4 members (excludes halogenated alkanes) is 25. The molecule has 0 saturated carbocycles. The van der Waals surface area contributed by atoms with E-state index in [1.54, 1.807) is 0 Å². The van der Waals surface area contributed by atoms with Crippen molar-refractivity contribution in [2.75, 3.05) is 19.8 Å². The zero-order valence-corrected chi connectivity index (χ0v) is 41.1. The van der Waals surface area contributed by atoms with Crippen LogP contribution in [0.15, 0.2) is 72.9 Å². The molecule has 0 saturated heterocycles. The Labute approximate surface area is 385 Å². The molecule has 62 heavy (non-hydrogen) atoms. The Balaban J connectivity index is 4.28. The van der Waals surface area contributed by atoms with Crippen LogP contribution in [0.2, 0.25) is 0 Å². The van der Waals surface area contributed by atoms with Crippen LogP contribution in [-0.2, 0) is 23.8 Å². The summed E-state index contributed by atoms with van der Waals surface area (Å²) >= 11 is 0. The van der Waals surface area contributed by atoms with Crippen molar-refractivity contribution in [3.05, 3.63) is 72.9 Å². The van der Waals surface area contributed by atoms with Gasteiger partial charge in [0.2, 0.25) is 0 Å². The van der Waals surface area contributed by atoms with Crippen LogP contribution in [-0.4, -0.2) is 37.9 Å². The Morgan fingerprint density at radius 3 is 1.23 bits per heavy atom. The van der Waals surface area contributed by atoms with Crippen LogP contribution in [0.3, 0.4) is 0 Å². The van der Waals surface area contributed by atoms with Gasteiger partial charge < -0.3 is 14.2 Å². The Hall–Kier alpha value is -2.66. The lowest BCUT2D eigenvalue weighted by atomic mass is 10.0. The maximum atomic E-state index is 12.8. The molecule has 0 rings (SSSR count). The molecule has 0 aliphatic rings. The van der Waals surface area contributed by atoms with Gasteiger partial charge in [-0.1, -0.05) is 229 Å². The lowest BCUT2D eigenvalue weighted by Gasteiger charge is -2.18. The molecule has 358 valence electrons. The van der Waals surface area contributed by atoms with Gasteiger partial charge in [-0.25, -0.2) is 0 Å². The quantitative estimate of drug-likeness (QED) is 0.0346. The first kappa shape index (κ1) is 59.3. The van der Waals surface area contributed by atoms with Crippen molar-refractivity contribution in [3.63, 3.8) is 0 Å². The number of ether oxygens (including phenoxy) is 3. The van der Waals surface area contributed by atoms with Crippen molar-refractivity contribution in [1.82, 2.24) is 0 Å². The SMILES string of the molecule is CC/C=C\C/C=C\C/C=C\C/C=C\CCCCCCCCC(=O)OCC(COCCCCCCCCCCCCCCCC)OC(=O)CCCCCCC/C=C\C/C=C\CCC. The summed E-state index contributed by atoms with van der Waals surface area (Å²) in [5.41, 5.74) is 0. The maximum Gasteiger partial charge on any atom is 0.306 e. The van der Waals surface area contributed by atoms with E-state index >= 15 is 0 Å². The molecule has 0 aromatic rings. The zero-order chi connectivity index (χ0) is 44.9. The van der Waals surface area contributed by atoms with Crippen LogP contribution >= 0.6 is 0 Å². The maximum absolute atomic E-state index is 12.8. The molecule has 0 N–H and O–H groups in total. The van der Waals surface area contributed by atoms with E-state index in [9.17, 15) is 9.59 Å². The highest BCUT2D eigenvalue weighted by Gasteiger charge is 2.17. The second kappa shape index (κ2) is 52.7. The number of carbonyl (C=O) groups is 2. The highest BCUT2D eigenvalue weighted by atomic mass is 16.6. The van der Waals surface area contributed by atoms with Gasteiger partial charge in [0.05, 0.1) is 6.61 Å². The molecule has 0 spiro atoms. The Kier molecular flexibility index (Phi) is 50.4. The third-order valence-corrected chi connectivity index (χ3v) is 11.2. The predicted molar refractivity (Wildman–Crippen MR) is 270 cm³/mol. The summed E-state index contributed by atoms with van der Waals surface area (Å²) in [6, 6.07) is 0. The van der Waals surface area contributed by atoms with Crippen LogP contribution in [0, 0.1) is 0 Å². The van der Waals surface area contributed by atoms with Crippen LogP contribution < -0.4 is 0 Å². The van der Waals surface area contributed by atoms with E-state index in [1.165, 1.54) is 122 Å². The summed E-state index contributed by atoms with van der Waals surface area (Å²) in [6.45, 7) is 7.65. The van der Waals surface area contributed by atoms with E-state index in [2.05, 4.69) is 93.7 Å². The number of allylic oxidation sites excluding steroid dienone is 12. The first-order valence-corrected chi connectivity index (χ1v) is 26.5. The number of carbonyl (C=O) groups excluding carboxylic acids is 2. The fourth-order valence-corrected chi connectivity index (χ4v) is 7.30. The number of esters is 2. The van der Waals surface area contributed by atoms with Gasteiger partial charge in [0.25, 0.3) is 0 Å². The van der Waals surface area contributed by atoms with Crippen LogP contribution in [0.5, 0.6) is 0 Å². The average Bonchev–Trinajstić information content (AvgIpc) is 3.27. The lowest BCUT2D eigenvalue weighted by Crippen LogP contribution is -2.30. The summed E-state index contributed by atoms with van der Waals surface area (Å²) in [6.07, 6.45) is 67.6. The van der Waals surface area contributed by atoms with Crippen LogP contribution in [0.1, 0.15) is 252 Å². The van der Waals surface area contributed by atoms with E-state index in [-0.39, 0.29) is 25.2 Å². The highest BCUT2D eigenvalue weighted by molar-refractivity contribution is 5.70. The minimum atomic E-state index is -0.549. The molecule has 0 fully saturated rings. The van der Waals surface area contributed by atoms with Crippen molar-refractivity contribution in [3.8, 4) is 0 Å². The number of hydrogen-bond acceptors (Lipinski definition) is 5. The van der Waals surface area contributed by atoms with Crippen molar-refractivity contribution < 1.29 is 23.8 Å². The van der Waals surface area contributed by atoms with Crippen molar-refractivity contribution in [2.45, 2.75) is 258 Å². The predicted octanol–water partition coefficient (Wildman–Crippen LogP) is 17.9. The van der Waals surface area contributed by atoms with Gasteiger partial charge in [0.1, 0.15) is 6.61 Å². The first-order valence-electron chi connectivity index (χ1n) is 26.5. The molecule has 0 aromatic heterocycles. The van der Waals surface area contributed by atoms with Gasteiger partial charge in [-0.2, -0.15) is 0 Å². The van der Waals surface area contributed by atoms with E-state index < -0.39 is 6.10 Å². The molecule has 0 amide bonds. The molecule has 5 heteroatoms. The van der Waals surface area contributed by atoms with Crippen molar-refractivity contribution in [1.29, 1.82) is 0 Å². The minimum Gasteiger partial charge on any atom is -0.462 e. The monoisotopic (exact) mass is 865 g/mol. The van der Waals surface area contributed by atoms with Gasteiger partial charge in [0, 0.05) is 19.4 Å². The van der Waals surface area contributed by atoms with E-state index in [4.69, 9.17) is 14.2 Å². The normalized spacial score (nSPS) is 12.8. The molecule has 0 aliphatic heterocycles. The Morgan fingerprint density at radius 1 is 0.371 bits per heavy atom. The second-order valence-corrected chi connectivity index (χ2v) is 17.4. The molecule has 0 bridgehead atoms.